The molecule has 2 fully saturated rings. The SMILES string of the molecule is N#Cc1c(Cl)cccc1Oc1ccc(C2(c3ccc(Oc4cccc(Cl)c4C#N)cc3)CC3CCC2C3)cc1. The minimum atomic E-state index is -0.0816. The van der Waals surface area contributed by atoms with Crippen molar-refractivity contribution < 1.29 is 9.47 Å². The van der Waals surface area contributed by atoms with Gasteiger partial charge in [-0.1, -0.05) is 66.0 Å². The first-order chi connectivity index (χ1) is 19.0. The highest BCUT2D eigenvalue weighted by Gasteiger charge is 2.52. The molecule has 4 aromatic carbocycles. The lowest BCUT2D eigenvalue weighted by atomic mass is 9.64. The third-order valence-electron chi connectivity index (χ3n) is 8.22. The second-order valence-electron chi connectivity index (χ2n) is 10.3. The fourth-order valence-corrected chi connectivity index (χ4v) is 6.91. The van der Waals surface area contributed by atoms with Crippen molar-refractivity contribution >= 4 is 23.2 Å². The number of nitrogens with zero attached hydrogens (tertiary/aromatic N) is 2. The molecule has 2 bridgehead atoms. The van der Waals surface area contributed by atoms with E-state index in [0.29, 0.717) is 50.1 Å². The molecule has 2 saturated carbocycles. The van der Waals surface area contributed by atoms with E-state index in [9.17, 15) is 10.5 Å². The Kier molecular flexibility index (Phi) is 6.69. The first-order valence-electron chi connectivity index (χ1n) is 13.0. The Balaban J connectivity index is 1.30. The second kappa shape index (κ2) is 10.3. The summed E-state index contributed by atoms with van der Waals surface area (Å²) in [5.41, 5.74) is 3.11. The molecule has 4 aromatic rings. The fraction of sp³-hybridized carbons (Fsp3) is 0.212. The normalized spacial score (nSPS) is 18.8. The van der Waals surface area contributed by atoms with E-state index in [-0.39, 0.29) is 5.41 Å². The fourth-order valence-electron chi connectivity index (χ4n) is 6.49. The van der Waals surface area contributed by atoms with Gasteiger partial charge in [0.1, 0.15) is 46.3 Å². The van der Waals surface area contributed by atoms with Crippen LogP contribution in [-0.2, 0) is 5.41 Å². The van der Waals surface area contributed by atoms with Gasteiger partial charge in [0.15, 0.2) is 0 Å². The van der Waals surface area contributed by atoms with Crippen molar-refractivity contribution in [1.82, 2.24) is 0 Å². The summed E-state index contributed by atoms with van der Waals surface area (Å²) in [5, 5.41) is 19.7. The van der Waals surface area contributed by atoms with Crippen LogP contribution in [0, 0.1) is 34.5 Å². The van der Waals surface area contributed by atoms with Crippen LogP contribution in [0.1, 0.15) is 47.9 Å². The van der Waals surface area contributed by atoms with Crippen LogP contribution >= 0.6 is 23.2 Å². The predicted octanol–water partition coefficient (Wildman–Crippen LogP) is 9.43. The van der Waals surface area contributed by atoms with E-state index in [2.05, 4.69) is 36.4 Å². The van der Waals surface area contributed by atoms with Crippen LogP contribution in [0.15, 0.2) is 84.9 Å². The number of hydrogen-bond donors (Lipinski definition) is 0. The molecule has 192 valence electrons. The molecule has 6 heteroatoms. The minimum absolute atomic E-state index is 0.0816. The largest absolute Gasteiger partial charge is 0.456 e. The highest BCUT2D eigenvalue weighted by molar-refractivity contribution is 6.32. The van der Waals surface area contributed by atoms with Crippen molar-refractivity contribution in [2.24, 2.45) is 11.8 Å². The summed E-state index contributed by atoms with van der Waals surface area (Å²) in [6.45, 7) is 0. The van der Waals surface area contributed by atoms with Gasteiger partial charge in [-0.2, -0.15) is 10.5 Å². The quantitative estimate of drug-likeness (QED) is 0.239. The number of halogens is 2. The molecule has 2 aliphatic carbocycles. The van der Waals surface area contributed by atoms with Gasteiger partial charge in [0.2, 0.25) is 0 Å². The van der Waals surface area contributed by atoms with Crippen LogP contribution in [0.3, 0.4) is 0 Å². The van der Waals surface area contributed by atoms with Gasteiger partial charge in [0.05, 0.1) is 10.0 Å². The molecule has 6 rings (SSSR count). The Morgan fingerprint density at radius 2 is 1.15 bits per heavy atom. The Morgan fingerprint density at radius 3 is 1.54 bits per heavy atom. The number of nitriles is 2. The van der Waals surface area contributed by atoms with Crippen LogP contribution < -0.4 is 9.47 Å². The van der Waals surface area contributed by atoms with Gasteiger partial charge in [0, 0.05) is 5.41 Å². The predicted molar refractivity (Wildman–Crippen MR) is 152 cm³/mol. The zero-order valence-corrected chi connectivity index (χ0v) is 22.5. The lowest BCUT2D eigenvalue weighted by Gasteiger charge is -2.39. The van der Waals surface area contributed by atoms with Gasteiger partial charge in [-0.25, -0.2) is 0 Å². The van der Waals surface area contributed by atoms with Gasteiger partial charge < -0.3 is 9.47 Å². The average molecular weight is 551 g/mol. The van der Waals surface area contributed by atoms with E-state index in [1.165, 1.54) is 30.4 Å². The van der Waals surface area contributed by atoms with Gasteiger partial charge in [-0.05, 0) is 90.8 Å². The minimum Gasteiger partial charge on any atom is -0.456 e. The Hall–Kier alpha value is -3.96. The number of rotatable bonds is 6. The number of fused-ring (bicyclic) bond motifs is 2. The molecule has 2 aliphatic rings. The molecule has 0 heterocycles. The summed E-state index contributed by atoms with van der Waals surface area (Å²) in [4.78, 5) is 0. The molecular weight excluding hydrogens is 527 g/mol. The molecule has 4 nitrogen and oxygen atoms in total. The van der Waals surface area contributed by atoms with Crippen molar-refractivity contribution in [1.29, 1.82) is 10.5 Å². The van der Waals surface area contributed by atoms with Gasteiger partial charge >= 0.3 is 0 Å². The molecule has 2 unspecified atom stereocenters. The lowest BCUT2D eigenvalue weighted by molar-refractivity contribution is 0.319. The molecule has 0 saturated heterocycles. The maximum atomic E-state index is 9.48. The van der Waals surface area contributed by atoms with Crippen molar-refractivity contribution in [3.63, 3.8) is 0 Å². The summed E-state index contributed by atoms with van der Waals surface area (Å²) in [6.07, 6.45) is 4.84. The summed E-state index contributed by atoms with van der Waals surface area (Å²) in [5.74, 6) is 3.50. The molecule has 2 atom stereocenters. The summed E-state index contributed by atoms with van der Waals surface area (Å²) in [7, 11) is 0. The molecule has 0 radical (unpaired) electrons. The van der Waals surface area contributed by atoms with Gasteiger partial charge in [-0.3, -0.25) is 0 Å². The van der Waals surface area contributed by atoms with E-state index >= 15 is 0 Å². The third kappa shape index (κ3) is 4.51. The van der Waals surface area contributed by atoms with Gasteiger partial charge in [0.25, 0.3) is 0 Å². The van der Waals surface area contributed by atoms with Crippen LogP contribution in [0.5, 0.6) is 23.0 Å². The van der Waals surface area contributed by atoms with E-state index < -0.39 is 0 Å². The zero-order chi connectivity index (χ0) is 27.0. The van der Waals surface area contributed by atoms with Crippen molar-refractivity contribution in [2.75, 3.05) is 0 Å². The van der Waals surface area contributed by atoms with Crippen LogP contribution in [0.4, 0.5) is 0 Å². The molecule has 0 aliphatic heterocycles. The first-order valence-corrected chi connectivity index (χ1v) is 13.7. The smallest absolute Gasteiger partial charge is 0.146 e. The number of benzene rings is 4. The molecule has 0 spiro atoms. The Labute approximate surface area is 237 Å². The Morgan fingerprint density at radius 1 is 0.667 bits per heavy atom. The first kappa shape index (κ1) is 25.3. The van der Waals surface area contributed by atoms with Crippen molar-refractivity contribution in [3.8, 4) is 35.1 Å². The number of hydrogen-bond acceptors (Lipinski definition) is 4. The molecular formula is C33H24Cl2N2O2. The highest BCUT2D eigenvalue weighted by Crippen LogP contribution is 2.60. The van der Waals surface area contributed by atoms with Gasteiger partial charge in [-0.15, -0.1) is 0 Å². The second-order valence-corrected chi connectivity index (χ2v) is 11.1. The summed E-state index contributed by atoms with van der Waals surface area (Å²) in [6, 6.07) is 31.2. The van der Waals surface area contributed by atoms with Crippen LogP contribution in [0.25, 0.3) is 0 Å². The highest BCUT2D eigenvalue weighted by atomic mass is 35.5. The summed E-state index contributed by atoms with van der Waals surface area (Å²) < 4.78 is 12.1. The maximum absolute atomic E-state index is 9.48. The summed E-state index contributed by atoms with van der Waals surface area (Å²) >= 11 is 12.4. The van der Waals surface area contributed by atoms with E-state index in [1.807, 2.05) is 24.3 Å². The van der Waals surface area contributed by atoms with Crippen LogP contribution in [0.2, 0.25) is 10.0 Å². The topological polar surface area (TPSA) is 66.0 Å². The maximum Gasteiger partial charge on any atom is 0.146 e. The number of ether oxygens (including phenoxy) is 2. The van der Waals surface area contributed by atoms with E-state index in [0.717, 1.165) is 12.3 Å². The van der Waals surface area contributed by atoms with Crippen molar-refractivity contribution in [3.05, 3.63) is 117 Å². The lowest BCUT2D eigenvalue weighted by Crippen LogP contribution is -2.33. The van der Waals surface area contributed by atoms with E-state index in [1.54, 1.807) is 36.4 Å². The third-order valence-corrected chi connectivity index (χ3v) is 8.85. The van der Waals surface area contributed by atoms with Crippen LogP contribution in [-0.4, -0.2) is 0 Å². The van der Waals surface area contributed by atoms with E-state index in [4.69, 9.17) is 32.7 Å². The zero-order valence-electron chi connectivity index (χ0n) is 21.0. The standard InChI is InChI=1S/C33H24Cl2N2O2/c34-29-3-1-5-31(27(29)19-36)38-25-13-9-22(10-14-25)33(18-21-7-8-24(33)17-21)23-11-15-26(16-12-23)39-32-6-2-4-30(35)28(32)20-37/h1-6,9-16,21,24H,7-8,17-18H2. The average Bonchev–Trinajstić information content (AvgIpc) is 3.57. The molecule has 0 N–H and O–H groups in total. The molecule has 0 amide bonds. The monoisotopic (exact) mass is 550 g/mol. The van der Waals surface area contributed by atoms with Crippen molar-refractivity contribution in [2.45, 2.75) is 31.1 Å². The molecule has 0 aromatic heterocycles. The molecule has 39 heavy (non-hydrogen) atoms. The Bertz CT molecular complexity index is 1510.